The van der Waals surface area contributed by atoms with Gasteiger partial charge in [-0.05, 0) is 50.2 Å². The highest BCUT2D eigenvalue weighted by Crippen LogP contribution is 2.29. The fraction of sp³-hybridized carbons (Fsp3) is 0.263. The molecule has 0 fully saturated rings. The maximum absolute atomic E-state index is 11.2. The highest BCUT2D eigenvalue weighted by molar-refractivity contribution is 7.99. The van der Waals surface area contributed by atoms with Crippen molar-refractivity contribution in [2.45, 2.75) is 25.4 Å². The van der Waals surface area contributed by atoms with Crippen molar-refractivity contribution in [3.63, 3.8) is 0 Å². The van der Waals surface area contributed by atoms with E-state index in [0.717, 1.165) is 28.0 Å². The summed E-state index contributed by atoms with van der Waals surface area (Å²) in [5, 5.41) is 9.46. The molecule has 0 atom stereocenters. The number of hydrogen-bond donors (Lipinski definition) is 0. The first-order chi connectivity index (χ1) is 12.7. The topological polar surface area (TPSA) is 69.9 Å². The molecule has 0 saturated carbocycles. The van der Waals surface area contributed by atoms with Gasteiger partial charge in [0.25, 0.3) is 0 Å². The zero-order valence-corrected chi connectivity index (χ0v) is 15.6. The highest BCUT2D eigenvalue weighted by atomic mass is 32.2. The molecule has 1 aromatic carbocycles. The van der Waals surface area contributed by atoms with Crippen LogP contribution >= 0.6 is 11.8 Å². The summed E-state index contributed by atoms with van der Waals surface area (Å²) in [4.78, 5) is 15.3. The fourth-order valence-electron chi connectivity index (χ4n) is 2.43. The molecule has 0 bridgehead atoms. The number of nitrogens with zero attached hydrogens (tertiary/aromatic N) is 4. The molecule has 134 valence electrons. The molecular weight excluding hydrogens is 348 g/mol. The molecule has 2 heterocycles. The van der Waals surface area contributed by atoms with Gasteiger partial charge in [0.1, 0.15) is 11.5 Å². The van der Waals surface area contributed by atoms with E-state index in [9.17, 15) is 4.79 Å². The summed E-state index contributed by atoms with van der Waals surface area (Å²) < 4.78 is 7.52. The van der Waals surface area contributed by atoms with Gasteiger partial charge >= 0.3 is 0 Å². The lowest BCUT2D eigenvalue weighted by Crippen LogP contribution is -2.01. The molecule has 0 N–H and O–H groups in total. The quantitative estimate of drug-likeness (QED) is 0.563. The number of benzene rings is 1. The number of ether oxygens (including phenoxy) is 1. The highest BCUT2D eigenvalue weighted by Gasteiger charge is 2.16. The number of carbonyl (C=O) groups excluding carboxylic acids is 1. The van der Waals surface area contributed by atoms with Crippen LogP contribution in [0.15, 0.2) is 53.9 Å². The first-order valence-corrected chi connectivity index (χ1v) is 9.39. The molecule has 2 aromatic heterocycles. The Morgan fingerprint density at radius 1 is 1.12 bits per heavy atom. The number of thioether (sulfide) groups is 1. The Morgan fingerprint density at radius 3 is 2.50 bits per heavy atom. The molecule has 7 heteroatoms. The van der Waals surface area contributed by atoms with E-state index in [1.54, 1.807) is 19.3 Å². The van der Waals surface area contributed by atoms with Crippen LogP contribution in [0.3, 0.4) is 0 Å². The third-order valence-electron chi connectivity index (χ3n) is 3.66. The van der Waals surface area contributed by atoms with Gasteiger partial charge in [0, 0.05) is 35.8 Å². The number of Topliss-reactive ketones (excluding diaryl/α,β-unsaturated/α-hetero) is 1. The van der Waals surface area contributed by atoms with Gasteiger partial charge in [-0.25, -0.2) is 0 Å². The molecule has 0 spiro atoms. The van der Waals surface area contributed by atoms with Crippen molar-refractivity contribution < 1.29 is 9.53 Å². The molecule has 0 radical (unpaired) electrons. The first-order valence-electron chi connectivity index (χ1n) is 8.40. The van der Waals surface area contributed by atoms with E-state index < -0.39 is 0 Å². The SMILES string of the molecule is CCOc1ccc(-n2c(SCCC(C)=O)nnc2-c2ccncc2)cc1. The minimum absolute atomic E-state index is 0.166. The van der Waals surface area contributed by atoms with Crippen LogP contribution in [0.2, 0.25) is 0 Å². The van der Waals surface area contributed by atoms with E-state index in [0.29, 0.717) is 18.8 Å². The van der Waals surface area contributed by atoms with Gasteiger partial charge in [0.05, 0.1) is 6.61 Å². The zero-order chi connectivity index (χ0) is 18.4. The van der Waals surface area contributed by atoms with Gasteiger partial charge in [-0.3, -0.25) is 14.3 Å². The van der Waals surface area contributed by atoms with Crippen LogP contribution in [-0.2, 0) is 4.79 Å². The maximum atomic E-state index is 11.2. The fourth-order valence-corrected chi connectivity index (χ4v) is 3.42. The zero-order valence-electron chi connectivity index (χ0n) is 14.8. The molecule has 0 amide bonds. The molecule has 0 aliphatic carbocycles. The number of rotatable bonds is 8. The minimum Gasteiger partial charge on any atom is -0.494 e. The van der Waals surface area contributed by atoms with Crippen molar-refractivity contribution in [2.75, 3.05) is 12.4 Å². The van der Waals surface area contributed by atoms with Crippen molar-refractivity contribution in [3.05, 3.63) is 48.8 Å². The third-order valence-corrected chi connectivity index (χ3v) is 4.59. The standard InChI is InChI=1S/C19H20N4O2S/c1-3-25-17-6-4-16(5-7-17)23-18(15-8-11-20-12-9-15)21-22-19(23)26-13-10-14(2)24/h4-9,11-12H,3,10,13H2,1-2H3. The van der Waals surface area contributed by atoms with E-state index in [4.69, 9.17) is 4.74 Å². The van der Waals surface area contributed by atoms with Crippen molar-refractivity contribution in [1.29, 1.82) is 0 Å². The molecule has 26 heavy (non-hydrogen) atoms. The van der Waals surface area contributed by atoms with Crippen LogP contribution in [-0.4, -0.2) is 37.9 Å². The molecule has 0 saturated heterocycles. The molecule has 3 rings (SSSR count). The minimum atomic E-state index is 0.166. The van der Waals surface area contributed by atoms with E-state index in [1.165, 1.54) is 11.8 Å². The Bertz CT molecular complexity index is 863. The van der Waals surface area contributed by atoms with Crippen molar-refractivity contribution in [1.82, 2.24) is 19.7 Å². The van der Waals surface area contributed by atoms with Crippen LogP contribution in [0.4, 0.5) is 0 Å². The molecular formula is C19H20N4O2S. The van der Waals surface area contributed by atoms with Gasteiger partial charge < -0.3 is 4.74 Å². The lowest BCUT2D eigenvalue weighted by molar-refractivity contribution is -0.116. The number of carbonyl (C=O) groups is 1. The summed E-state index contributed by atoms with van der Waals surface area (Å²) in [6.07, 6.45) is 3.97. The summed E-state index contributed by atoms with van der Waals surface area (Å²) >= 11 is 1.52. The van der Waals surface area contributed by atoms with E-state index in [1.807, 2.05) is 47.9 Å². The van der Waals surface area contributed by atoms with Crippen LogP contribution < -0.4 is 4.74 Å². The van der Waals surface area contributed by atoms with Crippen molar-refractivity contribution >= 4 is 17.5 Å². The summed E-state index contributed by atoms with van der Waals surface area (Å²) in [5.41, 5.74) is 1.87. The van der Waals surface area contributed by atoms with Crippen molar-refractivity contribution in [2.24, 2.45) is 0 Å². The van der Waals surface area contributed by atoms with Gasteiger partial charge in [-0.15, -0.1) is 10.2 Å². The smallest absolute Gasteiger partial charge is 0.196 e. The second kappa shape index (κ2) is 8.62. The summed E-state index contributed by atoms with van der Waals surface area (Å²) in [7, 11) is 0. The largest absolute Gasteiger partial charge is 0.494 e. The number of hydrogen-bond acceptors (Lipinski definition) is 6. The van der Waals surface area contributed by atoms with E-state index in [-0.39, 0.29) is 5.78 Å². The van der Waals surface area contributed by atoms with E-state index >= 15 is 0 Å². The maximum Gasteiger partial charge on any atom is 0.196 e. The normalized spacial score (nSPS) is 10.7. The van der Waals surface area contributed by atoms with Crippen LogP contribution in [0, 0.1) is 0 Å². The van der Waals surface area contributed by atoms with Gasteiger partial charge in [-0.1, -0.05) is 11.8 Å². The molecule has 6 nitrogen and oxygen atoms in total. The molecule has 0 aliphatic heterocycles. The second-order valence-electron chi connectivity index (χ2n) is 5.60. The van der Waals surface area contributed by atoms with Crippen LogP contribution in [0.25, 0.3) is 17.1 Å². The average Bonchev–Trinajstić information content (AvgIpc) is 3.07. The third kappa shape index (κ3) is 4.29. The molecule has 0 aliphatic rings. The Hall–Kier alpha value is -2.67. The lowest BCUT2D eigenvalue weighted by atomic mass is 10.2. The molecule has 3 aromatic rings. The Labute approximate surface area is 156 Å². The summed E-state index contributed by atoms with van der Waals surface area (Å²) in [6.45, 7) is 4.18. The number of ketones is 1. The first kappa shape index (κ1) is 18.1. The predicted octanol–water partition coefficient (Wildman–Crippen LogP) is 3.80. The van der Waals surface area contributed by atoms with Gasteiger partial charge in [0.15, 0.2) is 11.0 Å². The summed E-state index contributed by atoms with van der Waals surface area (Å²) in [6, 6.07) is 11.6. The predicted molar refractivity (Wildman–Crippen MR) is 102 cm³/mol. The Morgan fingerprint density at radius 2 is 1.85 bits per heavy atom. The Balaban J connectivity index is 1.98. The van der Waals surface area contributed by atoms with Gasteiger partial charge in [0.2, 0.25) is 0 Å². The number of pyridine rings is 1. The monoisotopic (exact) mass is 368 g/mol. The van der Waals surface area contributed by atoms with Crippen LogP contribution in [0.5, 0.6) is 5.75 Å². The van der Waals surface area contributed by atoms with Crippen molar-refractivity contribution in [3.8, 4) is 22.8 Å². The second-order valence-corrected chi connectivity index (χ2v) is 6.67. The van der Waals surface area contributed by atoms with Crippen LogP contribution in [0.1, 0.15) is 20.3 Å². The average molecular weight is 368 g/mol. The Kier molecular flexibility index (Phi) is 6.01. The number of aromatic nitrogens is 4. The summed E-state index contributed by atoms with van der Waals surface area (Å²) in [5.74, 6) is 2.39. The molecule has 0 unspecified atom stereocenters. The lowest BCUT2D eigenvalue weighted by Gasteiger charge is -2.11. The van der Waals surface area contributed by atoms with E-state index in [2.05, 4.69) is 15.2 Å². The van der Waals surface area contributed by atoms with Gasteiger partial charge in [-0.2, -0.15) is 0 Å².